The van der Waals surface area contributed by atoms with Crippen LogP contribution in [0.5, 0.6) is 0 Å². The molecular formula is C16H26N4O2. The molecule has 2 rings (SSSR count). The second-order valence-corrected chi connectivity index (χ2v) is 5.94. The average molecular weight is 306 g/mol. The third kappa shape index (κ3) is 5.16. The standard InChI is InChI=1S/C16H26N4O2/c1-13(21)17-11-6-2-3-9-16(22)19-15-10-12-18-20(15)14-7-4-5-8-14/h10,12,14H,2-9,11H2,1H3,(H,17,21)(H,19,22). The van der Waals surface area contributed by atoms with Crippen molar-refractivity contribution in [2.24, 2.45) is 0 Å². The van der Waals surface area contributed by atoms with Gasteiger partial charge in [0, 0.05) is 26.0 Å². The lowest BCUT2D eigenvalue weighted by Gasteiger charge is -2.14. The number of hydrogen-bond acceptors (Lipinski definition) is 3. The molecule has 0 unspecified atom stereocenters. The molecular weight excluding hydrogens is 280 g/mol. The second kappa shape index (κ2) is 8.56. The number of carbonyl (C=O) groups is 2. The molecule has 0 bridgehead atoms. The minimum atomic E-state index is -0.00193. The maximum atomic E-state index is 12.0. The quantitative estimate of drug-likeness (QED) is 0.725. The van der Waals surface area contributed by atoms with Crippen LogP contribution in [0.3, 0.4) is 0 Å². The molecule has 0 aromatic carbocycles. The van der Waals surface area contributed by atoms with E-state index in [0.717, 1.165) is 37.9 Å². The minimum absolute atomic E-state index is 0.00193. The first-order valence-corrected chi connectivity index (χ1v) is 8.24. The van der Waals surface area contributed by atoms with Crippen molar-refractivity contribution in [2.75, 3.05) is 11.9 Å². The highest BCUT2D eigenvalue weighted by Gasteiger charge is 2.20. The van der Waals surface area contributed by atoms with Gasteiger partial charge in [0.15, 0.2) is 0 Å². The summed E-state index contributed by atoms with van der Waals surface area (Å²) in [6.07, 6.45) is 9.72. The summed E-state index contributed by atoms with van der Waals surface area (Å²) >= 11 is 0. The lowest BCUT2D eigenvalue weighted by atomic mass is 10.2. The van der Waals surface area contributed by atoms with E-state index in [0.29, 0.717) is 19.0 Å². The van der Waals surface area contributed by atoms with Crippen LogP contribution in [0.1, 0.15) is 64.3 Å². The first kappa shape index (κ1) is 16.5. The Balaban J connectivity index is 1.67. The van der Waals surface area contributed by atoms with Crippen LogP contribution >= 0.6 is 0 Å². The fourth-order valence-electron chi connectivity index (χ4n) is 2.91. The summed E-state index contributed by atoms with van der Waals surface area (Å²) in [6.45, 7) is 2.20. The van der Waals surface area contributed by atoms with E-state index < -0.39 is 0 Å². The molecule has 0 spiro atoms. The van der Waals surface area contributed by atoms with Crippen LogP contribution in [-0.4, -0.2) is 28.1 Å². The van der Waals surface area contributed by atoms with Gasteiger partial charge in [-0.2, -0.15) is 5.10 Å². The van der Waals surface area contributed by atoms with Crippen molar-refractivity contribution >= 4 is 17.6 Å². The summed E-state index contributed by atoms with van der Waals surface area (Å²) < 4.78 is 1.96. The summed E-state index contributed by atoms with van der Waals surface area (Å²) in [6, 6.07) is 2.30. The minimum Gasteiger partial charge on any atom is -0.356 e. The molecule has 0 saturated heterocycles. The molecule has 0 aliphatic heterocycles. The lowest BCUT2D eigenvalue weighted by Crippen LogP contribution is -2.21. The van der Waals surface area contributed by atoms with E-state index >= 15 is 0 Å². The number of nitrogens with one attached hydrogen (secondary N) is 2. The number of carbonyl (C=O) groups excluding carboxylic acids is 2. The Hall–Kier alpha value is -1.85. The molecule has 122 valence electrons. The van der Waals surface area contributed by atoms with E-state index in [-0.39, 0.29) is 11.8 Å². The Kier molecular flexibility index (Phi) is 6.43. The van der Waals surface area contributed by atoms with Gasteiger partial charge in [-0.1, -0.05) is 19.3 Å². The van der Waals surface area contributed by atoms with Gasteiger partial charge in [0.05, 0.1) is 12.2 Å². The highest BCUT2D eigenvalue weighted by Crippen LogP contribution is 2.31. The average Bonchev–Trinajstić information content (AvgIpc) is 3.12. The predicted molar refractivity (Wildman–Crippen MR) is 85.5 cm³/mol. The molecule has 0 radical (unpaired) electrons. The molecule has 2 N–H and O–H groups in total. The Labute approximate surface area is 131 Å². The maximum Gasteiger partial charge on any atom is 0.225 e. The van der Waals surface area contributed by atoms with Crippen molar-refractivity contribution in [3.8, 4) is 0 Å². The largest absolute Gasteiger partial charge is 0.356 e. The van der Waals surface area contributed by atoms with Gasteiger partial charge in [0.25, 0.3) is 0 Å². The molecule has 1 aromatic rings. The summed E-state index contributed by atoms with van der Waals surface area (Å²) in [7, 11) is 0. The highest BCUT2D eigenvalue weighted by molar-refractivity contribution is 5.89. The molecule has 1 aromatic heterocycles. The zero-order valence-electron chi connectivity index (χ0n) is 13.3. The van der Waals surface area contributed by atoms with Crippen LogP contribution in [0.2, 0.25) is 0 Å². The van der Waals surface area contributed by atoms with Crippen LogP contribution in [0.4, 0.5) is 5.82 Å². The molecule has 0 atom stereocenters. The van der Waals surface area contributed by atoms with E-state index in [1.165, 1.54) is 19.8 Å². The summed E-state index contributed by atoms with van der Waals surface area (Å²) in [5.41, 5.74) is 0. The molecule has 1 aliphatic carbocycles. The molecule has 6 heteroatoms. The van der Waals surface area contributed by atoms with Gasteiger partial charge in [-0.25, -0.2) is 4.68 Å². The highest BCUT2D eigenvalue weighted by atomic mass is 16.2. The number of hydrogen-bond donors (Lipinski definition) is 2. The number of anilines is 1. The first-order chi connectivity index (χ1) is 10.7. The van der Waals surface area contributed by atoms with E-state index in [1.54, 1.807) is 6.20 Å². The molecule has 1 saturated carbocycles. The predicted octanol–water partition coefficient (Wildman–Crippen LogP) is 2.63. The SMILES string of the molecule is CC(=O)NCCCCCC(=O)Nc1ccnn1C1CCCC1. The van der Waals surface area contributed by atoms with Gasteiger partial charge in [-0.15, -0.1) is 0 Å². The van der Waals surface area contributed by atoms with Gasteiger partial charge in [0.1, 0.15) is 5.82 Å². The molecule has 1 aliphatic rings. The third-order valence-electron chi connectivity index (χ3n) is 4.06. The van der Waals surface area contributed by atoms with Gasteiger partial charge >= 0.3 is 0 Å². The second-order valence-electron chi connectivity index (χ2n) is 5.94. The van der Waals surface area contributed by atoms with Gasteiger partial charge in [0.2, 0.25) is 11.8 Å². The van der Waals surface area contributed by atoms with Crippen LogP contribution < -0.4 is 10.6 Å². The number of rotatable bonds is 8. The Morgan fingerprint density at radius 1 is 1.27 bits per heavy atom. The normalized spacial score (nSPS) is 15.0. The van der Waals surface area contributed by atoms with Crippen molar-refractivity contribution in [1.82, 2.24) is 15.1 Å². The molecule has 6 nitrogen and oxygen atoms in total. The van der Waals surface area contributed by atoms with Crippen molar-refractivity contribution < 1.29 is 9.59 Å². The van der Waals surface area contributed by atoms with Gasteiger partial charge in [-0.05, 0) is 25.7 Å². The number of amides is 2. The van der Waals surface area contributed by atoms with Crippen LogP contribution in [0.15, 0.2) is 12.3 Å². The zero-order chi connectivity index (χ0) is 15.8. The Bertz CT molecular complexity index is 492. The fourth-order valence-corrected chi connectivity index (χ4v) is 2.91. The lowest BCUT2D eigenvalue weighted by molar-refractivity contribution is -0.119. The summed E-state index contributed by atoms with van der Waals surface area (Å²) in [4.78, 5) is 22.7. The van der Waals surface area contributed by atoms with Crippen molar-refractivity contribution in [3.05, 3.63) is 12.3 Å². The number of aromatic nitrogens is 2. The fraction of sp³-hybridized carbons (Fsp3) is 0.688. The number of unbranched alkanes of at least 4 members (excludes halogenated alkanes) is 2. The zero-order valence-corrected chi connectivity index (χ0v) is 13.3. The topological polar surface area (TPSA) is 76.0 Å². The van der Waals surface area contributed by atoms with E-state index in [1.807, 2.05) is 10.7 Å². The summed E-state index contributed by atoms with van der Waals surface area (Å²) in [5.74, 6) is 0.854. The van der Waals surface area contributed by atoms with E-state index in [9.17, 15) is 9.59 Å². The van der Waals surface area contributed by atoms with E-state index in [4.69, 9.17) is 0 Å². The first-order valence-electron chi connectivity index (χ1n) is 8.24. The monoisotopic (exact) mass is 306 g/mol. The van der Waals surface area contributed by atoms with Crippen molar-refractivity contribution in [2.45, 2.75) is 64.3 Å². The Morgan fingerprint density at radius 3 is 2.77 bits per heavy atom. The van der Waals surface area contributed by atoms with Gasteiger partial charge in [-0.3, -0.25) is 9.59 Å². The third-order valence-corrected chi connectivity index (χ3v) is 4.06. The smallest absolute Gasteiger partial charge is 0.225 e. The van der Waals surface area contributed by atoms with E-state index in [2.05, 4.69) is 15.7 Å². The van der Waals surface area contributed by atoms with Crippen molar-refractivity contribution in [1.29, 1.82) is 0 Å². The molecule has 2 amide bonds. The Morgan fingerprint density at radius 2 is 2.05 bits per heavy atom. The summed E-state index contributed by atoms with van der Waals surface area (Å²) in [5, 5.41) is 10.1. The van der Waals surface area contributed by atoms with Crippen LogP contribution in [0.25, 0.3) is 0 Å². The number of nitrogens with zero attached hydrogens (tertiary/aromatic N) is 2. The van der Waals surface area contributed by atoms with Crippen molar-refractivity contribution in [3.63, 3.8) is 0 Å². The van der Waals surface area contributed by atoms with Gasteiger partial charge < -0.3 is 10.6 Å². The van der Waals surface area contributed by atoms with Crippen LogP contribution in [-0.2, 0) is 9.59 Å². The molecule has 1 fully saturated rings. The molecule has 1 heterocycles. The molecule has 22 heavy (non-hydrogen) atoms. The maximum absolute atomic E-state index is 12.0. The van der Waals surface area contributed by atoms with Crippen LogP contribution in [0, 0.1) is 0 Å².